The van der Waals surface area contributed by atoms with Gasteiger partial charge in [-0.25, -0.2) is 18.4 Å². The van der Waals surface area contributed by atoms with Crippen LogP contribution in [0.3, 0.4) is 0 Å². The number of rotatable bonds is 4. The lowest BCUT2D eigenvalue weighted by Gasteiger charge is -2.28. The summed E-state index contributed by atoms with van der Waals surface area (Å²) < 4.78 is 27.0. The van der Waals surface area contributed by atoms with Crippen LogP contribution in [0.15, 0.2) is 52.6 Å². The van der Waals surface area contributed by atoms with Gasteiger partial charge in [0.25, 0.3) is 10.0 Å². The number of hydrogen-bond acceptors (Lipinski definition) is 6. The Bertz CT molecular complexity index is 1310. The number of hydrogen-bond donors (Lipinski definition) is 1. The second-order valence-electron chi connectivity index (χ2n) is 7.51. The van der Waals surface area contributed by atoms with Crippen molar-refractivity contribution in [3.63, 3.8) is 0 Å². The lowest BCUT2D eigenvalue weighted by molar-refractivity contribution is -0.113. The molecule has 0 saturated heterocycles. The van der Waals surface area contributed by atoms with Crippen molar-refractivity contribution in [2.24, 2.45) is 0 Å². The van der Waals surface area contributed by atoms with Crippen LogP contribution in [0.5, 0.6) is 0 Å². The van der Waals surface area contributed by atoms with Gasteiger partial charge in [0.15, 0.2) is 5.16 Å². The molecule has 1 N–H and O–H groups in total. The fraction of sp³-hybridized carbons (Fsp3) is 0.227. The summed E-state index contributed by atoms with van der Waals surface area (Å²) >= 11 is 1.17. The zero-order chi connectivity index (χ0) is 22.3. The molecule has 0 radical (unpaired) electrons. The van der Waals surface area contributed by atoms with Crippen molar-refractivity contribution in [3.8, 4) is 11.3 Å². The van der Waals surface area contributed by atoms with Gasteiger partial charge in [-0.1, -0.05) is 41.1 Å². The molecule has 1 aliphatic rings. The van der Waals surface area contributed by atoms with E-state index in [2.05, 4.69) is 15.3 Å². The summed E-state index contributed by atoms with van der Waals surface area (Å²) in [5, 5.41) is 3.24. The smallest absolute Gasteiger partial charge is 0.267 e. The minimum atomic E-state index is -3.72. The second-order valence-corrected chi connectivity index (χ2v) is 10.4. The third kappa shape index (κ3) is 4.03. The highest BCUT2D eigenvalue weighted by atomic mass is 32.2. The van der Waals surface area contributed by atoms with Gasteiger partial charge in [0, 0.05) is 18.3 Å². The molecular formula is C22H22N4O3S2. The molecular weight excluding hydrogens is 432 g/mol. The lowest BCUT2D eigenvalue weighted by atomic mass is 10.1. The number of carbonyl (C=O) groups excluding carboxylic acids is 1. The molecule has 1 amide bonds. The Morgan fingerprint density at radius 2 is 1.81 bits per heavy atom. The van der Waals surface area contributed by atoms with E-state index in [1.807, 2.05) is 51.1 Å². The number of anilines is 2. The Kier molecular flexibility index (Phi) is 5.49. The monoisotopic (exact) mass is 454 g/mol. The van der Waals surface area contributed by atoms with Crippen molar-refractivity contribution < 1.29 is 13.2 Å². The number of nitrogens with one attached hydrogen (secondary N) is 1. The standard InChI is InChI=1S/C22H22N4O3S2/c1-13-5-7-17(15(3)9-13)24-20(27)12-30-22-23-11-19-21(25-22)16-10-14(2)6-8-18(16)26(4)31(19,28)29/h5-11H,12H2,1-4H3,(H,24,27). The maximum absolute atomic E-state index is 12.9. The Morgan fingerprint density at radius 3 is 2.55 bits per heavy atom. The van der Waals surface area contributed by atoms with Crippen LogP contribution in [-0.4, -0.2) is 37.1 Å². The molecule has 0 aliphatic carbocycles. The third-order valence-corrected chi connectivity index (χ3v) is 7.74. The number of thioether (sulfide) groups is 1. The van der Waals surface area contributed by atoms with E-state index in [-0.39, 0.29) is 16.6 Å². The summed E-state index contributed by atoms with van der Waals surface area (Å²) in [6, 6.07) is 11.4. The van der Waals surface area contributed by atoms with E-state index in [1.54, 1.807) is 6.07 Å². The maximum Gasteiger partial charge on any atom is 0.267 e. The average Bonchev–Trinajstić information content (AvgIpc) is 2.72. The predicted molar refractivity (Wildman–Crippen MR) is 123 cm³/mol. The Morgan fingerprint density at radius 1 is 1.10 bits per heavy atom. The zero-order valence-corrected chi connectivity index (χ0v) is 19.3. The topological polar surface area (TPSA) is 92.3 Å². The van der Waals surface area contributed by atoms with Crippen LogP contribution in [0.4, 0.5) is 11.4 Å². The van der Waals surface area contributed by atoms with Crippen molar-refractivity contribution in [3.05, 3.63) is 59.3 Å². The van der Waals surface area contributed by atoms with Gasteiger partial charge in [-0.15, -0.1) is 0 Å². The first-order valence-corrected chi connectivity index (χ1v) is 12.1. The average molecular weight is 455 g/mol. The van der Waals surface area contributed by atoms with Crippen molar-refractivity contribution in [2.75, 3.05) is 22.4 Å². The first kappa shape index (κ1) is 21.3. The summed E-state index contributed by atoms with van der Waals surface area (Å²) in [7, 11) is -2.20. The fourth-order valence-electron chi connectivity index (χ4n) is 3.47. The van der Waals surface area contributed by atoms with E-state index < -0.39 is 10.0 Å². The van der Waals surface area contributed by atoms with Crippen molar-refractivity contribution in [1.82, 2.24) is 9.97 Å². The number of aromatic nitrogens is 2. The maximum atomic E-state index is 12.9. The van der Waals surface area contributed by atoms with E-state index in [4.69, 9.17) is 0 Å². The van der Waals surface area contributed by atoms with Gasteiger partial charge < -0.3 is 5.32 Å². The van der Waals surface area contributed by atoms with Crippen LogP contribution in [0.1, 0.15) is 16.7 Å². The first-order valence-electron chi connectivity index (χ1n) is 9.64. The van der Waals surface area contributed by atoms with Crippen LogP contribution in [0.25, 0.3) is 11.3 Å². The van der Waals surface area contributed by atoms with E-state index in [1.165, 1.54) is 29.3 Å². The molecule has 0 atom stereocenters. The molecule has 3 aromatic rings. The lowest BCUT2D eigenvalue weighted by Crippen LogP contribution is -2.31. The molecule has 7 nitrogen and oxygen atoms in total. The Labute approximate surface area is 186 Å². The zero-order valence-electron chi connectivity index (χ0n) is 17.6. The summed E-state index contributed by atoms with van der Waals surface area (Å²) in [6.07, 6.45) is 1.32. The van der Waals surface area contributed by atoms with Crippen molar-refractivity contribution >= 4 is 39.1 Å². The Balaban J connectivity index is 1.58. The summed E-state index contributed by atoms with van der Waals surface area (Å²) in [4.78, 5) is 21.2. The molecule has 1 aromatic heterocycles. The highest BCUT2D eigenvalue weighted by molar-refractivity contribution is 7.99. The Hall–Kier alpha value is -2.91. The molecule has 4 rings (SSSR count). The summed E-state index contributed by atoms with van der Waals surface area (Å²) in [5.74, 6) is -0.0683. The molecule has 0 unspecified atom stereocenters. The van der Waals surface area contributed by atoms with Crippen LogP contribution in [0.2, 0.25) is 0 Å². The largest absolute Gasteiger partial charge is 0.325 e. The molecule has 2 heterocycles. The molecule has 0 fully saturated rings. The number of fused-ring (bicyclic) bond motifs is 3. The quantitative estimate of drug-likeness (QED) is 0.474. The van der Waals surface area contributed by atoms with Crippen LogP contribution in [-0.2, 0) is 14.8 Å². The predicted octanol–water partition coefficient (Wildman–Crippen LogP) is 3.94. The normalized spacial score (nSPS) is 14.0. The number of sulfonamides is 1. The number of aryl methyl sites for hydroxylation is 3. The van der Waals surface area contributed by atoms with E-state index >= 15 is 0 Å². The fourth-order valence-corrected chi connectivity index (χ4v) is 5.38. The molecule has 160 valence electrons. The SMILES string of the molecule is Cc1ccc(NC(=O)CSc2ncc3c(n2)-c2cc(C)ccc2N(C)S3(=O)=O)c(C)c1. The molecule has 1 aliphatic heterocycles. The van der Waals surface area contributed by atoms with Crippen molar-refractivity contribution in [2.45, 2.75) is 30.8 Å². The molecule has 31 heavy (non-hydrogen) atoms. The first-order chi connectivity index (χ1) is 14.7. The van der Waals surface area contributed by atoms with Crippen LogP contribution >= 0.6 is 11.8 Å². The van der Waals surface area contributed by atoms with Gasteiger partial charge in [-0.3, -0.25) is 9.10 Å². The molecule has 0 spiro atoms. The highest BCUT2D eigenvalue weighted by Gasteiger charge is 2.34. The second kappa shape index (κ2) is 7.97. The molecule has 2 aromatic carbocycles. The number of carbonyl (C=O) groups is 1. The van der Waals surface area contributed by atoms with Crippen LogP contribution < -0.4 is 9.62 Å². The number of amides is 1. The van der Waals surface area contributed by atoms with E-state index in [9.17, 15) is 13.2 Å². The van der Waals surface area contributed by atoms with Crippen LogP contribution in [0, 0.1) is 20.8 Å². The van der Waals surface area contributed by atoms with Gasteiger partial charge in [0.2, 0.25) is 5.91 Å². The molecule has 0 saturated carbocycles. The third-order valence-electron chi connectivity index (χ3n) is 5.11. The van der Waals surface area contributed by atoms with Gasteiger partial charge in [0.1, 0.15) is 4.90 Å². The van der Waals surface area contributed by atoms with Gasteiger partial charge in [-0.05, 0) is 44.5 Å². The van der Waals surface area contributed by atoms with E-state index in [0.29, 0.717) is 16.5 Å². The van der Waals surface area contributed by atoms with Gasteiger partial charge >= 0.3 is 0 Å². The van der Waals surface area contributed by atoms with E-state index in [0.717, 1.165) is 27.9 Å². The molecule has 0 bridgehead atoms. The summed E-state index contributed by atoms with van der Waals surface area (Å²) in [5.41, 5.74) is 5.55. The number of nitrogens with zero attached hydrogens (tertiary/aromatic N) is 3. The molecule has 9 heteroatoms. The minimum absolute atomic E-state index is 0.0668. The highest BCUT2D eigenvalue weighted by Crippen LogP contribution is 2.41. The van der Waals surface area contributed by atoms with Gasteiger partial charge in [0.05, 0.1) is 23.3 Å². The minimum Gasteiger partial charge on any atom is -0.325 e. The number of benzene rings is 2. The van der Waals surface area contributed by atoms with Crippen molar-refractivity contribution in [1.29, 1.82) is 0 Å². The summed E-state index contributed by atoms with van der Waals surface area (Å²) in [6.45, 7) is 5.88. The van der Waals surface area contributed by atoms with Gasteiger partial charge in [-0.2, -0.15) is 0 Å².